The van der Waals surface area contributed by atoms with Crippen molar-refractivity contribution in [3.8, 4) is 11.4 Å². The van der Waals surface area contributed by atoms with Crippen LogP contribution in [0.1, 0.15) is 0 Å². The number of aromatic nitrogens is 6. The molecule has 4 aromatic heterocycles. The van der Waals surface area contributed by atoms with E-state index < -0.39 is 0 Å². The first-order valence-corrected chi connectivity index (χ1v) is 7.79. The van der Waals surface area contributed by atoms with Crippen molar-refractivity contribution in [1.82, 2.24) is 30.4 Å². The van der Waals surface area contributed by atoms with Crippen LogP contribution in [0, 0.1) is 0 Å². The molecule has 0 atom stereocenters. The molecule has 0 amide bonds. The molecule has 0 radical (unpaired) electrons. The van der Waals surface area contributed by atoms with Crippen molar-refractivity contribution in [1.29, 1.82) is 0 Å². The largest absolute Gasteiger partial charge is 0.254 e. The predicted molar refractivity (Wildman–Crippen MR) is 89.0 cm³/mol. The van der Waals surface area contributed by atoms with Crippen LogP contribution in [0.2, 0.25) is 0 Å². The van der Waals surface area contributed by atoms with Gasteiger partial charge < -0.3 is 0 Å². The van der Waals surface area contributed by atoms with E-state index >= 15 is 0 Å². The van der Waals surface area contributed by atoms with Gasteiger partial charge in [-0.25, -0.2) is 4.98 Å². The Balaban J connectivity index is 1.73. The Kier molecular flexibility index (Phi) is 2.56. The molecule has 5 rings (SSSR count). The lowest BCUT2D eigenvalue weighted by Gasteiger charge is -2.02. The lowest BCUT2D eigenvalue weighted by molar-refractivity contribution is 1.02. The van der Waals surface area contributed by atoms with Crippen molar-refractivity contribution >= 4 is 42.7 Å². The SMILES string of the molecule is c1ccc2cc(-c3cc4sc5ncnnc5c4nn3)ncc2c1. The van der Waals surface area contributed by atoms with E-state index in [0.717, 1.165) is 37.2 Å². The van der Waals surface area contributed by atoms with Gasteiger partial charge in [-0.2, -0.15) is 0 Å². The van der Waals surface area contributed by atoms with E-state index in [0.29, 0.717) is 5.52 Å². The van der Waals surface area contributed by atoms with Crippen LogP contribution < -0.4 is 0 Å². The van der Waals surface area contributed by atoms with Crippen LogP contribution in [0.15, 0.2) is 48.9 Å². The van der Waals surface area contributed by atoms with Crippen molar-refractivity contribution in [3.05, 3.63) is 48.9 Å². The van der Waals surface area contributed by atoms with E-state index in [4.69, 9.17) is 0 Å². The quantitative estimate of drug-likeness (QED) is 0.472. The molecule has 108 valence electrons. The fourth-order valence-corrected chi connectivity index (χ4v) is 3.51. The van der Waals surface area contributed by atoms with E-state index in [1.54, 1.807) is 0 Å². The number of hydrogen-bond donors (Lipinski definition) is 0. The Bertz CT molecular complexity index is 1180. The standard InChI is InChI=1S/C16H8N6S/c1-2-4-10-7-17-11(5-9(10)3-1)12-6-13-14(22-20-12)15-16(23-13)18-8-19-21-15/h1-8H. The number of pyridine rings is 1. The van der Waals surface area contributed by atoms with Gasteiger partial charge in [-0.05, 0) is 17.5 Å². The molecule has 5 aromatic rings. The van der Waals surface area contributed by atoms with Crippen LogP contribution in [0.3, 0.4) is 0 Å². The number of hydrogen-bond acceptors (Lipinski definition) is 7. The highest BCUT2D eigenvalue weighted by molar-refractivity contribution is 7.25. The van der Waals surface area contributed by atoms with Crippen molar-refractivity contribution in [3.63, 3.8) is 0 Å². The third kappa shape index (κ3) is 1.94. The summed E-state index contributed by atoms with van der Waals surface area (Å²) in [4.78, 5) is 9.53. The van der Waals surface area contributed by atoms with Crippen molar-refractivity contribution in [2.75, 3.05) is 0 Å². The first kappa shape index (κ1) is 12.5. The highest BCUT2D eigenvalue weighted by Crippen LogP contribution is 2.31. The maximum absolute atomic E-state index is 4.50. The normalized spacial score (nSPS) is 11.5. The summed E-state index contributed by atoms with van der Waals surface area (Å²) in [6, 6.07) is 12.1. The molecule has 0 fully saturated rings. The van der Waals surface area contributed by atoms with Gasteiger partial charge in [0.2, 0.25) is 0 Å². The second-order valence-corrected chi connectivity index (χ2v) is 6.11. The van der Waals surface area contributed by atoms with Crippen molar-refractivity contribution < 1.29 is 0 Å². The van der Waals surface area contributed by atoms with Gasteiger partial charge in [0.05, 0.1) is 10.4 Å². The molecular formula is C16H8N6S. The van der Waals surface area contributed by atoms with Gasteiger partial charge in [0.25, 0.3) is 0 Å². The third-order valence-electron chi connectivity index (χ3n) is 3.67. The van der Waals surface area contributed by atoms with Crippen LogP contribution >= 0.6 is 11.3 Å². The van der Waals surface area contributed by atoms with Crippen molar-refractivity contribution in [2.45, 2.75) is 0 Å². The molecule has 0 aliphatic rings. The summed E-state index contributed by atoms with van der Waals surface area (Å²) >= 11 is 1.53. The molecule has 6 nitrogen and oxygen atoms in total. The summed E-state index contributed by atoms with van der Waals surface area (Å²) in [7, 11) is 0. The number of nitrogens with zero attached hydrogens (tertiary/aromatic N) is 6. The van der Waals surface area contributed by atoms with Gasteiger partial charge in [0.1, 0.15) is 22.4 Å². The number of fused-ring (bicyclic) bond motifs is 4. The minimum Gasteiger partial charge on any atom is -0.254 e. The average molecular weight is 316 g/mol. The van der Waals surface area contributed by atoms with Crippen LogP contribution in [0.5, 0.6) is 0 Å². The number of thiophene rings is 1. The van der Waals surface area contributed by atoms with Gasteiger partial charge in [0, 0.05) is 11.6 Å². The molecule has 1 aromatic carbocycles. The number of benzene rings is 1. The molecule has 0 aliphatic heterocycles. The average Bonchev–Trinajstić information content (AvgIpc) is 2.99. The second kappa shape index (κ2) is 4.72. The van der Waals surface area contributed by atoms with Gasteiger partial charge in [0.15, 0.2) is 5.52 Å². The Morgan fingerprint density at radius 1 is 0.783 bits per heavy atom. The fourth-order valence-electron chi connectivity index (χ4n) is 2.56. The molecule has 0 aliphatic carbocycles. The van der Waals surface area contributed by atoms with E-state index in [-0.39, 0.29) is 0 Å². The first-order chi connectivity index (χ1) is 11.4. The summed E-state index contributed by atoms with van der Waals surface area (Å²) in [5.74, 6) is 0. The molecule has 0 saturated carbocycles. The fraction of sp³-hybridized carbons (Fsp3) is 0. The zero-order valence-electron chi connectivity index (χ0n) is 11.7. The third-order valence-corrected chi connectivity index (χ3v) is 4.69. The zero-order chi connectivity index (χ0) is 15.2. The highest BCUT2D eigenvalue weighted by atomic mass is 32.1. The van der Waals surface area contributed by atoms with E-state index in [9.17, 15) is 0 Å². The molecule has 0 saturated heterocycles. The highest BCUT2D eigenvalue weighted by Gasteiger charge is 2.12. The Morgan fingerprint density at radius 3 is 2.65 bits per heavy atom. The topological polar surface area (TPSA) is 77.3 Å². The minimum absolute atomic E-state index is 0.693. The molecule has 0 N–H and O–H groups in total. The lowest BCUT2D eigenvalue weighted by atomic mass is 10.1. The maximum Gasteiger partial charge on any atom is 0.151 e. The van der Waals surface area contributed by atoms with Crippen LogP contribution in [-0.2, 0) is 0 Å². The second-order valence-electron chi connectivity index (χ2n) is 5.07. The van der Waals surface area contributed by atoms with E-state index in [1.807, 2.05) is 36.5 Å². The van der Waals surface area contributed by atoms with Crippen LogP contribution in [0.4, 0.5) is 0 Å². The predicted octanol–water partition coefficient (Wildman–Crippen LogP) is 3.24. The molecule has 0 spiro atoms. The molecule has 23 heavy (non-hydrogen) atoms. The number of rotatable bonds is 1. The first-order valence-electron chi connectivity index (χ1n) is 6.97. The summed E-state index contributed by atoms with van der Waals surface area (Å²) in [6.45, 7) is 0. The lowest BCUT2D eigenvalue weighted by Crippen LogP contribution is -1.91. The van der Waals surface area contributed by atoms with Crippen molar-refractivity contribution in [2.24, 2.45) is 0 Å². The van der Waals surface area contributed by atoms with Gasteiger partial charge in [-0.1, -0.05) is 24.3 Å². The van der Waals surface area contributed by atoms with Gasteiger partial charge >= 0.3 is 0 Å². The molecule has 7 heteroatoms. The smallest absolute Gasteiger partial charge is 0.151 e. The maximum atomic E-state index is 4.50. The van der Waals surface area contributed by atoms with Gasteiger partial charge in [-0.3, -0.25) is 4.98 Å². The van der Waals surface area contributed by atoms with Crippen LogP contribution in [0.25, 0.3) is 42.7 Å². The Hall–Kier alpha value is -3.06. The Labute approximate surface area is 133 Å². The molecule has 0 bridgehead atoms. The summed E-state index contributed by atoms with van der Waals surface area (Å²) in [5, 5.41) is 18.7. The summed E-state index contributed by atoms with van der Waals surface area (Å²) < 4.78 is 0.980. The minimum atomic E-state index is 0.693. The molecule has 4 heterocycles. The van der Waals surface area contributed by atoms with Gasteiger partial charge in [-0.15, -0.1) is 31.7 Å². The monoisotopic (exact) mass is 316 g/mol. The Morgan fingerprint density at radius 2 is 1.70 bits per heavy atom. The molecule has 0 unspecified atom stereocenters. The van der Waals surface area contributed by atoms with E-state index in [2.05, 4.69) is 36.4 Å². The summed E-state index contributed by atoms with van der Waals surface area (Å²) in [6.07, 6.45) is 3.30. The molecular weight excluding hydrogens is 308 g/mol. The van der Waals surface area contributed by atoms with E-state index in [1.165, 1.54) is 17.7 Å². The zero-order valence-corrected chi connectivity index (χ0v) is 12.5. The summed E-state index contributed by atoms with van der Waals surface area (Å²) in [5.41, 5.74) is 2.96. The van der Waals surface area contributed by atoms with Crippen LogP contribution in [-0.4, -0.2) is 30.4 Å².